The van der Waals surface area contributed by atoms with Crippen LogP contribution >= 0.6 is 11.8 Å². The van der Waals surface area contributed by atoms with Gasteiger partial charge >= 0.3 is 0 Å². The molecule has 0 fully saturated rings. The first-order valence-corrected chi connectivity index (χ1v) is 5.53. The van der Waals surface area contributed by atoms with Crippen LogP contribution in [-0.2, 0) is 5.75 Å². The Morgan fingerprint density at radius 3 is 3.00 bits per heavy atom. The van der Waals surface area contributed by atoms with Gasteiger partial charge in [0.2, 0.25) is 0 Å². The standard InChI is InChI=1S/C10H13NOS/c11-9-6-13-5-7-3-1-2-4-8(7)10(9)12/h1-4,9-10,12H,5-6,11H2/t9-,10+/m1/s1. The molecule has 0 aromatic heterocycles. The van der Waals surface area contributed by atoms with Gasteiger partial charge in [-0.2, -0.15) is 11.8 Å². The second-order valence-electron chi connectivity index (χ2n) is 3.32. The molecule has 0 saturated carbocycles. The van der Waals surface area contributed by atoms with Gasteiger partial charge in [-0.15, -0.1) is 0 Å². The number of rotatable bonds is 0. The summed E-state index contributed by atoms with van der Waals surface area (Å²) in [5.74, 6) is 1.79. The van der Waals surface area contributed by atoms with Gasteiger partial charge in [0.25, 0.3) is 0 Å². The molecule has 70 valence electrons. The molecule has 2 rings (SSSR count). The number of aliphatic hydroxyl groups is 1. The van der Waals surface area contributed by atoms with Crippen molar-refractivity contribution in [2.24, 2.45) is 5.73 Å². The van der Waals surface area contributed by atoms with Crippen LogP contribution in [0.15, 0.2) is 24.3 Å². The minimum absolute atomic E-state index is 0.131. The van der Waals surface area contributed by atoms with E-state index in [0.29, 0.717) is 0 Å². The minimum atomic E-state index is -0.494. The molecule has 1 aliphatic heterocycles. The normalized spacial score (nSPS) is 27.8. The molecule has 3 N–H and O–H groups in total. The molecular weight excluding hydrogens is 182 g/mol. The average molecular weight is 195 g/mol. The highest BCUT2D eigenvalue weighted by Gasteiger charge is 2.22. The summed E-state index contributed by atoms with van der Waals surface area (Å²) in [4.78, 5) is 0. The van der Waals surface area contributed by atoms with E-state index in [0.717, 1.165) is 17.1 Å². The SMILES string of the molecule is N[C@@H]1CSCc2ccccc2[C@@H]1O. The van der Waals surface area contributed by atoms with E-state index in [1.165, 1.54) is 5.56 Å². The molecule has 0 unspecified atom stereocenters. The summed E-state index contributed by atoms with van der Waals surface area (Å²) in [5, 5.41) is 9.87. The number of hydrogen-bond donors (Lipinski definition) is 2. The molecule has 0 radical (unpaired) electrons. The van der Waals surface area contributed by atoms with E-state index in [2.05, 4.69) is 6.07 Å². The maximum absolute atomic E-state index is 9.87. The van der Waals surface area contributed by atoms with E-state index in [1.807, 2.05) is 18.2 Å². The predicted octanol–water partition coefficient (Wildman–Crippen LogP) is 1.29. The molecular formula is C10H13NOS. The Morgan fingerprint density at radius 2 is 2.15 bits per heavy atom. The molecule has 1 heterocycles. The fourth-order valence-corrected chi connectivity index (χ4v) is 2.64. The van der Waals surface area contributed by atoms with Crippen LogP contribution in [0.4, 0.5) is 0 Å². The van der Waals surface area contributed by atoms with Crippen molar-refractivity contribution < 1.29 is 5.11 Å². The second-order valence-corrected chi connectivity index (χ2v) is 4.35. The minimum Gasteiger partial charge on any atom is -0.387 e. The van der Waals surface area contributed by atoms with Gasteiger partial charge in [0.15, 0.2) is 0 Å². The quantitative estimate of drug-likeness (QED) is 0.656. The van der Waals surface area contributed by atoms with Gasteiger partial charge in [-0.3, -0.25) is 0 Å². The van der Waals surface area contributed by atoms with Gasteiger partial charge in [-0.25, -0.2) is 0 Å². The monoisotopic (exact) mass is 195 g/mol. The Labute approximate surface area is 82.1 Å². The third-order valence-electron chi connectivity index (χ3n) is 2.35. The summed E-state index contributed by atoms with van der Waals surface area (Å²) in [6, 6.07) is 7.84. The fraction of sp³-hybridized carbons (Fsp3) is 0.400. The highest BCUT2D eigenvalue weighted by molar-refractivity contribution is 7.98. The fourth-order valence-electron chi connectivity index (χ4n) is 1.58. The molecule has 1 aromatic carbocycles. The summed E-state index contributed by atoms with van der Waals surface area (Å²) >= 11 is 1.79. The molecule has 1 aliphatic rings. The molecule has 2 nitrogen and oxygen atoms in total. The van der Waals surface area contributed by atoms with E-state index in [9.17, 15) is 5.11 Å². The van der Waals surface area contributed by atoms with Gasteiger partial charge in [-0.05, 0) is 11.1 Å². The molecule has 3 heteroatoms. The van der Waals surface area contributed by atoms with Crippen LogP contribution in [0.2, 0.25) is 0 Å². The molecule has 0 bridgehead atoms. The number of hydrogen-bond acceptors (Lipinski definition) is 3. The Kier molecular flexibility index (Phi) is 2.58. The van der Waals surface area contributed by atoms with Gasteiger partial charge in [0.05, 0.1) is 6.10 Å². The van der Waals surface area contributed by atoms with Crippen LogP contribution in [0.5, 0.6) is 0 Å². The maximum atomic E-state index is 9.87. The highest BCUT2D eigenvalue weighted by atomic mass is 32.2. The predicted molar refractivity (Wildman–Crippen MR) is 55.5 cm³/mol. The van der Waals surface area contributed by atoms with Gasteiger partial charge in [0.1, 0.15) is 0 Å². The largest absolute Gasteiger partial charge is 0.387 e. The van der Waals surface area contributed by atoms with Crippen molar-refractivity contribution in [1.29, 1.82) is 0 Å². The molecule has 0 saturated heterocycles. The van der Waals surface area contributed by atoms with Crippen LogP contribution in [-0.4, -0.2) is 16.9 Å². The number of thioether (sulfide) groups is 1. The van der Waals surface area contributed by atoms with E-state index >= 15 is 0 Å². The van der Waals surface area contributed by atoms with E-state index < -0.39 is 6.10 Å². The molecule has 0 aliphatic carbocycles. The number of benzene rings is 1. The molecule has 0 spiro atoms. The third kappa shape index (κ3) is 1.73. The lowest BCUT2D eigenvalue weighted by Gasteiger charge is -2.16. The second kappa shape index (κ2) is 3.70. The van der Waals surface area contributed by atoms with Gasteiger partial charge in [-0.1, -0.05) is 24.3 Å². The van der Waals surface area contributed by atoms with Crippen LogP contribution < -0.4 is 5.73 Å². The van der Waals surface area contributed by atoms with Crippen LogP contribution in [0, 0.1) is 0 Å². The van der Waals surface area contributed by atoms with Crippen molar-refractivity contribution >= 4 is 11.8 Å². The first kappa shape index (κ1) is 9.06. The smallest absolute Gasteiger partial charge is 0.0951 e. The lowest BCUT2D eigenvalue weighted by molar-refractivity contribution is 0.155. The summed E-state index contributed by atoms with van der Waals surface area (Å²) in [7, 11) is 0. The molecule has 13 heavy (non-hydrogen) atoms. The Morgan fingerprint density at radius 1 is 1.38 bits per heavy atom. The van der Waals surface area contributed by atoms with Crippen molar-refractivity contribution in [1.82, 2.24) is 0 Å². The van der Waals surface area contributed by atoms with Crippen LogP contribution in [0.25, 0.3) is 0 Å². The summed E-state index contributed by atoms with van der Waals surface area (Å²) < 4.78 is 0. The summed E-state index contributed by atoms with van der Waals surface area (Å²) in [6.45, 7) is 0. The summed E-state index contributed by atoms with van der Waals surface area (Å²) in [6.07, 6.45) is -0.494. The Balaban J connectivity index is 2.40. The molecule has 2 atom stereocenters. The first-order valence-electron chi connectivity index (χ1n) is 4.38. The Hall–Kier alpha value is -0.510. The van der Waals surface area contributed by atoms with Crippen molar-refractivity contribution in [3.63, 3.8) is 0 Å². The van der Waals surface area contributed by atoms with Gasteiger partial charge in [0, 0.05) is 17.5 Å². The Bertz CT molecular complexity index is 303. The first-order chi connectivity index (χ1) is 6.29. The van der Waals surface area contributed by atoms with Crippen molar-refractivity contribution in [2.75, 3.05) is 5.75 Å². The topological polar surface area (TPSA) is 46.2 Å². The zero-order valence-electron chi connectivity index (χ0n) is 7.31. The number of aliphatic hydroxyl groups excluding tert-OH is 1. The summed E-state index contributed by atoms with van der Waals surface area (Å²) in [5.41, 5.74) is 8.04. The van der Waals surface area contributed by atoms with Crippen molar-refractivity contribution in [2.45, 2.75) is 17.9 Å². The van der Waals surface area contributed by atoms with Crippen molar-refractivity contribution in [3.8, 4) is 0 Å². The zero-order chi connectivity index (χ0) is 9.26. The van der Waals surface area contributed by atoms with E-state index in [-0.39, 0.29) is 6.04 Å². The van der Waals surface area contributed by atoms with E-state index in [1.54, 1.807) is 11.8 Å². The average Bonchev–Trinajstić information content (AvgIpc) is 2.29. The lowest BCUT2D eigenvalue weighted by Crippen LogP contribution is -2.29. The van der Waals surface area contributed by atoms with Crippen LogP contribution in [0.1, 0.15) is 17.2 Å². The van der Waals surface area contributed by atoms with Gasteiger partial charge < -0.3 is 10.8 Å². The van der Waals surface area contributed by atoms with E-state index in [4.69, 9.17) is 5.73 Å². The third-order valence-corrected chi connectivity index (χ3v) is 3.48. The number of fused-ring (bicyclic) bond motifs is 1. The molecule has 1 aromatic rings. The lowest BCUT2D eigenvalue weighted by atomic mass is 9.99. The van der Waals surface area contributed by atoms with Crippen molar-refractivity contribution in [3.05, 3.63) is 35.4 Å². The maximum Gasteiger partial charge on any atom is 0.0951 e. The van der Waals surface area contributed by atoms with Crippen LogP contribution in [0.3, 0.4) is 0 Å². The molecule has 0 amide bonds. The highest BCUT2D eigenvalue weighted by Crippen LogP contribution is 2.29. The number of nitrogens with two attached hydrogens (primary N) is 1. The zero-order valence-corrected chi connectivity index (χ0v) is 8.13.